The molecule has 0 amide bonds. The lowest BCUT2D eigenvalue weighted by molar-refractivity contribution is 0.0915. The maximum atomic E-state index is 12.3. The average Bonchev–Trinajstić information content (AvgIpc) is 2.63. The van der Waals surface area contributed by atoms with Crippen LogP contribution in [0.3, 0.4) is 0 Å². The number of aliphatic hydroxyl groups is 1. The Hall–Kier alpha value is -3.17. The first-order valence-corrected chi connectivity index (χ1v) is 7.42. The fourth-order valence-electron chi connectivity index (χ4n) is 2.33. The summed E-state index contributed by atoms with van der Waals surface area (Å²) in [7, 11) is 0. The van der Waals surface area contributed by atoms with Crippen LogP contribution in [0.5, 0.6) is 5.75 Å². The lowest BCUT2D eigenvalue weighted by atomic mass is 10.2. The van der Waals surface area contributed by atoms with E-state index in [0.717, 1.165) is 0 Å². The molecular weight excluding hydrogens is 306 g/mol. The second kappa shape index (κ2) is 6.94. The summed E-state index contributed by atoms with van der Waals surface area (Å²) in [4.78, 5) is 16.6. The third kappa shape index (κ3) is 3.42. The monoisotopic (exact) mass is 321 g/mol. The molecule has 6 heteroatoms. The maximum Gasteiger partial charge on any atom is 0.261 e. The standard InChI is InChI=1S/C18H15N3O3/c19-9-13-5-7-15(8-6-13)24-11-14(22)10-21-12-20-17-4-2-1-3-16(17)18(21)23/h1-8,12,14,22H,10-11H2. The summed E-state index contributed by atoms with van der Waals surface area (Å²) in [5.41, 5.74) is 0.969. The van der Waals surface area contributed by atoms with E-state index in [4.69, 9.17) is 10.00 Å². The first-order chi connectivity index (χ1) is 11.7. The van der Waals surface area contributed by atoms with Crippen molar-refractivity contribution in [2.75, 3.05) is 6.61 Å². The van der Waals surface area contributed by atoms with Crippen LogP contribution in [0.25, 0.3) is 10.9 Å². The van der Waals surface area contributed by atoms with Crippen molar-refractivity contribution in [3.8, 4) is 11.8 Å². The van der Waals surface area contributed by atoms with Crippen molar-refractivity contribution in [3.63, 3.8) is 0 Å². The Morgan fingerprint density at radius 2 is 1.96 bits per heavy atom. The van der Waals surface area contributed by atoms with Gasteiger partial charge < -0.3 is 9.84 Å². The molecule has 0 saturated heterocycles. The fraction of sp³-hybridized carbons (Fsp3) is 0.167. The molecule has 1 aromatic heterocycles. The summed E-state index contributed by atoms with van der Waals surface area (Å²) >= 11 is 0. The van der Waals surface area contributed by atoms with E-state index < -0.39 is 6.10 Å². The van der Waals surface area contributed by atoms with E-state index in [1.54, 1.807) is 42.5 Å². The van der Waals surface area contributed by atoms with Crippen molar-refractivity contribution < 1.29 is 9.84 Å². The molecule has 0 spiro atoms. The van der Waals surface area contributed by atoms with Crippen LogP contribution in [-0.2, 0) is 6.54 Å². The maximum absolute atomic E-state index is 12.3. The molecule has 0 radical (unpaired) electrons. The van der Waals surface area contributed by atoms with Crippen LogP contribution in [0.4, 0.5) is 0 Å². The van der Waals surface area contributed by atoms with Gasteiger partial charge in [-0.3, -0.25) is 9.36 Å². The number of aliphatic hydroxyl groups excluding tert-OH is 1. The van der Waals surface area contributed by atoms with E-state index in [-0.39, 0.29) is 18.7 Å². The molecule has 0 saturated carbocycles. The Kier molecular flexibility index (Phi) is 4.54. The number of rotatable bonds is 5. The summed E-state index contributed by atoms with van der Waals surface area (Å²) < 4.78 is 6.84. The van der Waals surface area contributed by atoms with Gasteiger partial charge in [0.2, 0.25) is 0 Å². The molecule has 0 fully saturated rings. The Morgan fingerprint density at radius 3 is 2.71 bits per heavy atom. The van der Waals surface area contributed by atoms with E-state index in [1.807, 2.05) is 12.1 Å². The molecule has 24 heavy (non-hydrogen) atoms. The number of benzene rings is 2. The van der Waals surface area contributed by atoms with Crippen molar-refractivity contribution >= 4 is 10.9 Å². The van der Waals surface area contributed by atoms with E-state index >= 15 is 0 Å². The van der Waals surface area contributed by atoms with Gasteiger partial charge in [-0.1, -0.05) is 12.1 Å². The number of fused-ring (bicyclic) bond motifs is 1. The molecule has 1 atom stereocenters. The predicted molar refractivity (Wildman–Crippen MR) is 88.7 cm³/mol. The van der Waals surface area contributed by atoms with E-state index in [9.17, 15) is 9.90 Å². The van der Waals surface area contributed by atoms with Crippen molar-refractivity contribution in [1.29, 1.82) is 5.26 Å². The zero-order valence-electron chi connectivity index (χ0n) is 12.8. The van der Waals surface area contributed by atoms with E-state index in [1.165, 1.54) is 10.9 Å². The number of para-hydroxylation sites is 1. The summed E-state index contributed by atoms with van der Waals surface area (Å²) in [6.45, 7) is 0.123. The van der Waals surface area contributed by atoms with Crippen LogP contribution >= 0.6 is 0 Å². The topological polar surface area (TPSA) is 88.1 Å². The van der Waals surface area contributed by atoms with Gasteiger partial charge in [-0.2, -0.15) is 5.26 Å². The third-order valence-corrected chi connectivity index (χ3v) is 3.56. The highest BCUT2D eigenvalue weighted by Crippen LogP contribution is 2.12. The molecule has 0 aliphatic carbocycles. The molecule has 0 aliphatic heterocycles. The third-order valence-electron chi connectivity index (χ3n) is 3.56. The van der Waals surface area contributed by atoms with E-state index in [2.05, 4.69) is 4.98 Å². The van der Waals surface area contributed by atoms with Crippen molar-refractivity contribution in [1.82, 2.24) is 9.55 Å². The summed E-state index contributed by atoms with van der Waals surface area (Å²) in [6, 6.07) is 15.7. The summed E-state index contributed by atoms with van der Waals surface area (Å²) in [6.07, 6.45) is 0.566. The molecule has 1 heterocycles. The molecule has 1 unspecified atom stereocenters. The van der Waals surface area contributed by atoms with Gasteiger partial charge in [0.05, 0.1) is 35.4 Å². The highest BCUT2D eigenvalue weighted by Gasteiger charge is 2.10. The second-order valence-electron chi connectivity index (χ2n) is 5.32. The molecule has 3 aromatic rings. The SMILES string of the molecule is N#Cc1ccc(OCC(O)Cn2cnc3ccccc3c2=O)cc1. The summed E-state index contributed by atoms with van der Waals surface area (Å²) in [5.74, 6) is 0.553. The van der Waals surface area contributed by atoms with Gasteiger partial charge in [0, 0.05) is 0 Å². The normalized spacial score (nSPS) is 11.8. The quantitative estimate of drug-likeness (QED) is 0.773. The van der Waals surface area contributed by atoms with Crippen LogP contribution in [-0.4, -0.2) is 27.4 Å². The minimum atomic E-state index is -0.860. The summed E-state index contributed by atoms with van der Waals surface area (Å²) in [5, 5.41) is 19.4. The highest BCUT2D eigenvalue weighted by atomic mass is 16.5. The van der Waals surface area contributed by atoms with Crippen LogP contribution < -0.4 is 10.3 Å². The Labute approximate surface area is 138 Å². The number of hydrogen-bond acceptors (Lipinski definition) is 5. The molecule has 120 valence electrons. The Bertz CT molecular complexity index is 942. The number of nitriles is 1. The van der Waals surface area contributed by atoms with Gasteiger partial charge in [0.25, 0.3) is 5.56 Å². The van der Waals surface area contributed by atoms with Crippen LogP contribution in [0.1, 0.15) is 5.56 Å². The fourth-order valence-corrected chi connectivity index (χ4v) is 2.33. The Morgan fingerprint density at radius 1 is 1.21 bits per heavy atom. The zero-order chi connectivity index (χ0) is 16.9. The minimum absolute atomic E-state index is 0.0329. The number of aromatic nitrogens is 2. The molecule has 0 bridgehead atoms. The lowest BCUT2D eigenvalue weighted by Gasteiger charge is -2.14. The molecule has 1 N–H and O–H groups in total. The van der Waals surface area contributed by atoms with Crippen molar-refractivity contribution in [3.05, 3.63) is 70.8 Å². The number of hydrogen-bond donors (Lipinski definition) is 1. The van der Waals surface area contributed by atoms with Crippen LogP contribution in [0.2, 0.25) is 0 Å². The first-order valence-electron chi connectivity index (χ1n) is 7.42. The molecule has 3 rings (SSSR count). The number of ether oxygens (including phenoxy) is 1. The van der Waals surface area contributed by atoms with Crippen LogP contribution in [0, 0.1) is 11.3 Å². The number of nitrogens with zero attached hydrogens (tertiary/aromatic N) is 3. The predicted octanol–water partition coefficient (Wildman–Crippen LogP) is 1.71. The lowest BCUT2D eigenvalue weighted by Crippen LogP contribution is -2.30. The van der Waals surface area contributed by atoms with E-state index in [0.29, 0.717) is 22.2 Å². The molecule has 0 aliphatic rings. The Balaban J connectivity index is 1.66. The molecule has 6 nitrogen and oxygen atoms in total. The van der Waals surface area contributed by atoms with Gasteiger partial charge >= 0.3 is 0 Å². The second-order valence-corrected chi connectivity index (χ2v) is 5.32. The van der Waals surface area contributed by atoms with Gasteiger partial charge in [0.15, 0.2) is 0 Å². The van der Waals surface area contributed by atoms with Crippen LogP contribution in [0.15, 0.2) is 59.7 Å². The highest BCUT2D eigenvalue weighted by molar-refractivity contribution is 5.76. The first kappa shape index (κ1) is 15.7. The minimum Gasteiger partial charge on any atom is -0.491 e. The van der Waals surface area contributed by atoms with Gasteiger partial charge in [-0.05, 0) is 36.4 Å². The van der Waals surface area contributed by atoms with Gasteiger partial charge in [-0.15, -0.1) is 0 Å². The smallest absolute Gasteiger partial charge is 0.261 e. The average molecular weight is 321 g/mol. The molecular formula is C18H15N3O3. The van der Waals surface area contributed by atoms with Crippen molar-refractivity contribution in [2.24, 2.45) is 0 Å². The zero-order valence-corrected chi connectivity index (χ0v) is 12.8. The van der Waals surface area contributed by atoms with Gasteiger partial charge in [0.1, 0.15) is 18.5 Å². The van der Waals surface area contributed by atoms with Crippen molar-refractivity contribution in [2.45, 2.75) is 12.6 Å². The van der Waals surface area contributed by atoms with Gasteiger partial charge in [-0.25, -0.2) is 4.98 Å². The largest absolute Gasteiger partial charge is 0.491 e. The molecule has 2 aromatic carbocycles.